The standard InChI is InChI=1S/C9H14O3.Zr/c1-2-12-9(11)7-5-3-4-6-8(7)10;/h7H,2-6H2,1H3;. The van der Waals surface area contributed by atoms with Crippen molar-refractivity contribution in [1.82, 2.24) is 0 Å². The van der Waals surface area contributed by atoms with E-state index in [9.17, 15) is 9.59 Å². The Morgan fingerprint density at radius 2 is 2.23 bits per heavy atom. The summed E-state index contributed by atoms with van der Waals surface area (Å²) in [6.07, 6.45) is 3.12. The average molecular weight is 261 g/mol. The van der Waals surface area contributed by atoms with E-state index in [1.165, 1.54) is 0 Å². The Bertz CT molecular complexity index is 191. The second-order valence-corrected chi connectivity index (χ2v) is 3.02. The largest absolute Gasteiger partial charge is 0.465 e. The number of carbonyl (C=O) groups is 2. The molecular formula is C9H14O3Zr. The summed E-state index contributed by atoms with van der Waals surface area (Å²) in [6.45, 7) is 2.12. The second-order valence-electron chi connectivity index (χ2n) is 3.02. The van der Waals surface area contributed by atoms with Crippen molar-refractivity contribution in [2.24, 2.45) is 5.92 Å². The Balaban J connectivity index is 0.00000144. The van der Waals surface area contributed by atoms with Gasteiger partial charge in [-0.2, -0.15) is 0 Å². The maximum Gasteiger partial charge on any atom is 0.316 e. The monoisotopic (exact) mass is 260 g/mol. The van der Waals surface area contributed by atoms with E-state index in [1.54, 1.807) is 6.92 Å². The van der Waals surface area contributed by atoms with Crippen LogP contribution >= 0.6 is 0 Å². The Kier molecular flexibility index (Phi) is 6.48. The zero-order valence-electron chi connectivity index (χ0n) is 7.84. The average Bonchev–Trinajstić information content (AvgIpc) is 2.05. The molecule has 0 spiro atoms. The van der Waals surface area contributed by atoms with Crippen LogP contribution in [0.2, 0.25) is 0 Å². The molecular weight excluding hydrogens is 247 g/mol. The van der Waals surface area contributed by atoms with Crippen molar-refractivity contribution in [3.05, 3.63) is 0 Å². The topological polar surface area (TPSA) is 43.4 Å². The fourth-order valence-corrected chi connectivity index (χ4v) is 1.48. The molecule has 0 bridgehead atoms. The Labute approximate surface area is 97.3 Å². The summed E-state index contributed by atoms with van der Waals surface area (Å²) in [5, 5.41) is 0. The third kappa shape index (κ3) is 3.72. The van der Waals surface area contributed by atoms with Gasteiger partial charge in [-0.25, -0.2) is 0 Å². The van der Waals surface area contributed by atoms with E-state index >= 15 is 0 Å². The molecule has 0 aromatic heterocycles. The number of Topliss-reactive ketones (excluding diaryl/α,β-unsaturated/α-hetero) is 1. The van der Waals surface area contributed by atoms with E-state index in [-0.39, 0.29) is 38.0 Å². The third-order valence-electron chi connectivity index (χ3n) is 2.13. The molecule has 1 aliphatic carbocycles. The van der Waals surface area contributed by atoms with E-state index in [4.69, 9.17) is 4.74 Å². The predicted octanol–water partition coefficient (Wildman–Crippen LogP) is 1.31. The third-order valence-corrected chi connectivity index (χ3v) is 2.13. The number of ether oxygens (including phenoxy) is 1. The molecule has 1 saturated carbocycles. The molecule has 3 nitrogen and oxygen atoms in total. The molecule has 0 N–H and O–H groups in total. The number of esters is 1. The Hall–Kier alpha value is 0.0231. The minimum atomic E-state index is -0.460. The minimum Gasteiger partial charge on any atom is -0.465 e. The molecule has 0 heterocycles. The van der Waals surface area contributed by atoms with Gasteiger partial charge in [0.05, 0.1) is 6.61 Å². The number of carbonyl (C=O) groups excluding carboxylic acids is 2. The van der Waals surface area contributed by atoms with Gasteiger partial charge in [-0.05, 0) is 19.8 Å². The van der Waals surface area contributed by atoms with Crippen LogP contribution < -0.4 is 0 Å². The number of hydrogen-bond acceptors (Lipinski definition) is 3. The molecule has 0 aromatic carbocycles. The molecule has 0 aromatic rings. The van der Waals surface area contributed by atoms with Gasteiger partial charge < -0.3 is 4.74 Å². The summed E-state index contributed by atoms with van der Waals surface area (Å²) >= 11 is 0. The van der Waals surface area contributed by atoms with Crippen molar-refractivity contribution in [2.75, 3.05) is 6.61 Å². The van der Waals surface area contributed by atoms with Gasteiger partial charge in [0, 0.05) is 32.6 Å². The fraction of sp³-hybridized carbons (Fsp3) is 0.778. The summed E-state index contributed by atoms with van der Waals surface area (Å²) in [5.41, 5.74) is 0. The normalized spacial score (nSPS) is 21.9. The van der Waals surface area contributed by atoms with Crippen molar-refractivity contribution < 1.29 is 40.5 Å². The zero-order valence-corrected chi connectivity index (χ0v) is 10.3. The van der Waals surface area contributed by atoms with E-state index in [0.29, 0.717) is 19.4 Å². The number of ketones is 1. The van der Waals surface area contributed by atoms with E-state index < -0.39 is 5.92 Å². The van der Waals surface area contributed by atoms with Gasteiger partial charge in [0.2, 0.25) is 0 Å². The van der Waals surface area contributed by atoms with Crippen LogP contribution in [0.4, 0.5) is 0 Å². The molecule has 0 radical (unpaired) electrons. The minimum absolute atomic E-state index is 0. The molecule has 0 aliphatic heterocycles. The van der Waals surface area contributed by atoms with Crippen LogP contribution in [-0.2, 0) is 40.5 Å². The summed E-state index contributed by atoms with van der Waals surface area (Å²) in [7, 11) is 0. The maximum atomic E-state index is 11.2. The van der Waals surface area contributed by atoms with Gasteiger partial charge >= 0.3 is 5.97 Å². The Morgan fingerprint density at radius 3 is 2.77 bits per heavy atom. The molecule has 4 heteroatoms. The van der Waals surface area contributed by atoms with E-state index in [2.05, 4.69) is 0 Å². The predicted molar refractivity (Wildman–Crippen MR) is 43.6 cm³/mol. The smallest absolute Gasteiger partial charge is 0.316 e. The van der Waals surface area contributed by atoms with Gasteiger partial charge in [0.1, 0.15) is 11.7 Å². The van der Waals surface area contributed by atoms with E-state index in [1.807, 2.05) is 0 Å². The SMILES string of the molecule is CCOC(=O)C1CCCCC1=O.[Zr]. The molecule has 13 heavy (non-hydrogen) atoms. The van der Waals surface area contributed by atoms with Gasteiger partial charge in [0.15, 0.2) is 0 Å². The summed E-state index contributed by atoms with van der Waals surface area (Å²) < 4.78 is 4.79. The fourth-order valence-electron chi connectivity index (χ4n) is 1.48. The molecule has 1 unspecified atom stereocenters. The molecule has 1 atom stereocenters. The van der Waals surface area contributed by atoms with Crippen molar-refractivity contribution in [1.29, 1.82) is 0 Å². The van der Waals surface area contributed by atoms with Crippen LogP contribution in [0.3, 0.4) is 0 Å². The quantitative estimate of drug-likeness (QED) is 0.556. The first-order chi connectivity index (χ1) is 5.75. The molecule has 1 fully saturated rings. The zero-order chi connectivity index (χ0) is 8.97. The van der Waals surface area contributed by atoms with Crippen LogP contribution in [-0.4, -0.2) is 18.4 Å². The van der Waals surface area contributed by atoms with Crippen LogP contribution in [0.25, 0.3) is 0 Å². The molecule has 1 rings (SSSR count). The second kappa shape index (κ2) is 6.47. The Morgan fingerprint density at radius 1 is 1.54 bits per heavy atom. The van der Waals surface area contributed by atoms with Crippen molar-refractivity contribution in [3.63, 3.8) is 0 Å². The van der Waals surface area contributed by atoms with Crippen molar-refractivity contribution in [3.8, 4) is 0 Å². The first-order valence-electron chi connectivity index (χ1n) is 4.45. The van der Waals surface area contributed by atoms with Gasteiger partial charge in [-0.3, -0.25) is 9.59 Å². The summed E-state index contributed by atoms with van der Waals surface area (Å²) in [6, 6.07) is 0. The molecule has 0 saturated heterocycles. The number of rotatable bonds is 2. The molecule has 1 aliphatic rings. The molecule has 0 amide bonds. The first kappa shape index (κ1) is 13.0. The first-order valence-corrected chi connectivity index (χ1v) is 4.45. The van der Waals surface area contributed by atoms with Crippen LogP contribution in [0.15, 0.2) is 0 Å². The summed E-state index contributed by atoms with van der Waals surface area (Å²) in [5.74, 6) is -0.736. The van der Waals surface area contributed by atoms with Gasteiger partial charge in [0.25, 0.3) is 0 Å². The van der Waals surface area contributed by atoms with Crippen molar-refractivity contribution >= 4 is 11.8 Å². The van der Waals surface area contributed by atoms with E-state index in [0.717, 1.165) is 12.8 Å². The van der Waals surface area contributed by atoms with Crippen molar-refractivity contribution in [2.45, 2.75) is 32.6 Å². The van der Waals surface area contributed by atoms with Crippen LogP contribution in [0.5, 0.6) is 0 Å². The molecule has 72 valence electrons. The van der Waals surface area contributed by atoms with Gasteiger partial charge in [-0.15, -0.1) is 0 Å². The number of hydrogen-bond donors (Lipinski definition) is 0. The summed E-state index contributed by atoms with van der Waals surface area (Å²) in [4.78, 5) is 22.4. The van der Waals surface area contributed by atoms with Gasteiger partial charge in [-0.1, -0.05) is 6.42 Å². The maximum absolute atomic E-state index is 11.2. The van der Waals surface area contributed by atoms with Crippen LogP contribution in [0, 0.1) is 5.92 Å². The van der Waals surface area contributed by atoms with Crippen LogP contribution in [0.1, 0.15) is 32.6 Å².